The van der Waals surface area contributed by atoms with E-state index in [1.54, 1.807) is 6.92 Å². The number of aryl methyl sites for hydroxylation is 2. The van der Waals surface area contributed by atoms with E-state index in [1.807, 2.05) is 12.1 Å². The molecule has 1 heterocycles. The summed E-state index contributed by atoms with van der Waals surface area (Å²) < 4.78 is 4.79. The average molecular weight is 331 g/mol. The van der Waals surface area contributed by atoms with Crippen molar-refractivity contribution < 1.29 is 14.3 Å². The van der Waals surface area contributed by atoms with Crippen molar-refractivity contribution in [3.05, 3.63) is 35.4 Å². The standard InChI is InChI=1S/C18H21NO3S/c1-4-13-9-14-8-12(3)6-7-16(14)19-18(13)23-11-15(20)10-17(21)22-5-2/h6-9H,4-5,10-11H2,1-3H3. The lowest BCUT2D eigenvalue weighted by atomic mass is 10.1. The number of rotatable bonds is 7. The van der Waals surface area contributed by atoms with E-state index >= 15 is 0 Å². The fourth-order valence-corrected chi connectivity index (χ4v) is 3.22. The van der Waals surface area contributed by atoms with Crippen LogP contribution in [0.25, 0.3) is 10.9 Å². The number of thioether (sulfide) groups is 1. The minimum absolute atomic E-state index is 0.138. The number of hydrogen-bond donors (Lipinski definition) is 0. The Labute approximate surface area is 140 Å². The molecule has 0 aliphatic carbocycles. The van der Waals surface area contributed by atoms with Crippen molar-refractivity contribution in [3.8, 4) is 0 Å². The second-order valence-corrected chi connectivity index (χ2v) is 6.28. The SMILES string of the molecule is CCOC(=O)CC(=O)CSc1nc2ccc(C)cc2cc1CC. The van der Waals surface area contributed by atoms with Crippen LogP contribution in [0.4, 0.5) is 0 Å². The monoisotopic (exact) mass is 331 g/mol. The van der Waals surface area contributed by atoms with Gasteiger partial charge in [0.1, 0.15) is 11.4 Å². The van der Waals surface area contributed by atoms with Gasteiger partial charge < -0.3 is 4.74 Å². The van der Waals surface area contributed by atoms with Crippen LogP contribution in [0.5, 0.6) is 0 Å². The Hall–Kier alpha value is -1.88. The Bertz CT molecular complexity index is 728. The molecule has 0 spiro atoms. The fourth-order valence-electron chi connectivity index (χ4n) is 2.27. The van der Waals surface area contributed by atoms with Gasteiger partial charge in [0.05, 0.1) is 17.9 Å². The zero-order valence-electron chi connectivity index (χ0n) is 13.7. The van der Waals surface area contributed by atoms with Crippen LogP contribution in [0, 0.1) is 6.92 Å². The highest BCUT2D eigenvalue weighted by atomic mass is 32.2. The number of Topliss-reactive ketones (excluding diaryl/α,β-unsaturated/α-hetero) is 1. The Morgan fingerprint density at radius 2 is 2.00 bits per heavy atom. The van der Waals surface area contributed by atoms with Crippen molar-refractivity contribution in [2.24, 2.45) is 0 Å². The fraction of sp³-hybridized carbons (Fsp3) is 0.389. The highest BCUT2D eigenvalue weighted by molar-refractivity contribution is 8.00. The number of aromatic nitrogens is 1. The lowest BCUT2D eigenvalue weighted by Crippen LogP contribution is -2.13. The van der Waals surface area contributed by atoms with E-state index in [1.165, 1.54) is 17.3 Å². The van der Waals surface area contributed by atoms with Gasteiger partial charge >= 0.3 is 5.97 Å². The number of nitrogens with zero attached hydrogens (tertiary/aromatic N) is 1. The molecule has 0 saturated carbocycles. The normalized spacial score (nSPS) is 10.7. The van der Waals surface area contributed by atoms with Crippen LogP contribution in [0.2, 0.25) is 0 Å². The lowest BCUT2D eigenvalue weighted by Gasteiger charge is -2.09. The molecule has 0 aliphatic rings. The first-order chi connectivity index (χ1) is 11.0. The topological polar surface area (TPSA) is 56.3 Å². The highest BCUT2D eigenvalue weighted by Crippen LogP contribution is 2.26. The Morgan fingerprint density at radius 1 is 1.22 bits per heavy atom. The molecule has 0 saturated heterocycles. The Kier molecular flexibility index (Phi) is 6.16. The van der Waals surface area contributed by atoms with Gasteiger partial charge in [-0.2, -0.15) is 0 Å². The van der Waals surface area contributed by atoms with Gasteiger partial charge in [-0.05, 0) is 44.0 Å². The van der Waals surface area contributed by atoms with Gasteiger partial charge in [0.15, 0.2) is 5.78 Å². The van der Waals surface area contributed by atoms with Crippen molar-refractivity contribution in [3.63, 3.8) is 0 Å². The predicted molar refractivity (Wildman–Crippen MR) is 92.8 cm³/mol. The second-order valence-electron chi connectivity index (χ2n) is 5.31. The Balaban J connectivity index is 2.11. The quantitative estimate of drug-likeness (QED) is 0.440. The zero-order chi connectivity index (χ0) is 16.8. The third kappa shape index (κ3) is 4.79. The Morgan fingerprint density at radius 3 is 2.70 bits per heavy atom. The van der Waals surface area contributed by atoms with E-state index in [0.29, 0.717) is 6.61 Å². The number of ether oxygens (including phenoxy) is 1. The molecule has 0 atom stereocenters. The maximum absolute atomic E-state index is 11.9. The van der Waals surface area contributed by atoms with Crippen molar-refractivity contribution in [2.75, 3.05) is 12.4 Å². The molecule has 2 aromatic rings. The molecule has 23 heavy (non-hydrogen) atoms. The number of fused-ring (bicyclic) bond motifs is 1. The molecule has 0 unspecified atom stereocenters. The van der Waals surface area contributed by atoms with Gasteiger partial charge in [-0.15, -0.1) is 0 Å². The third-order valence-corrected chi connectivity index (χ3v) is 4.50. The van der Waals surface area contributed by atoms with Gasteiger partial charge in [-0.1, -0.05) is 30.3 Å². The van der Waals surface area contributed by atoms with E-state index < -0.39 is 5.97 Å². The summed E-state index contributed by atoms with van der Waals surface area (Å²) in [5, 5.41) is 1.98. The molecule has 1 aromatic carbocycles. The van der Waals surface area contributed by atoms with Crippen LogP contribution in [0.15, 0.2) is 29.3 Å². The van der Waals surface area contributed by atoms with Crippen molar-refractivity contribution >= 4 is 34.4 Å². The first-order valence-electron chi connectivity index (χ1n) is 7.73. The van der Waals surface area contributed by atoms with Gasteiger partial charge in [0.25, 0.3) is 0 Å². The lowest BCUT2D eigenvalue weighted by molar-refractivity contribution is -0.145. The van der Waals surface area contributed by atoms with Gasteiger partial charge in [-0.3, -0.25) is 9.59 Å². The summed E-state index contributed by atoms with van der Waals surface area (Å²) in [6.07, 6.45) is 0.681. The number of hydrogen-bond acceptors (Lipinski definition) is 5. The molecule has 4 nitrogen and oxygen atoms in total. The highest BCUT2D eigenvalue weighted by Gasteiger charge is 2.13. The molecule has 0 fully saturated rings. The van der Waals surface area contributed by atoms with Crippen LogP contribution >= 0.6 is 11.8 Å². The van der Waals surface area contributed by atoms with E-state index in [2.05, 4.69) is 31.0 Å². The van der Waals surface area contributed by atoms with Crippen molar-refractivity contribution in [1.82, 2.24) is 4.98 Å². The molecule has 5 heteroatoms. The summed E-state index contributed by atoms with van der Waals surface area (Å²) in [7, 11) is 0. The summed E-state index contributed by atoms with van der Waals surface area (Å²) >= 11 is 1.39. The number of carbonyl (C=O) groups is 2. The smallest absolute Gasteiger partial charge is 0.313 e. The van der Waals surface area contributed by atoms with E-state index in [-0.39, 0.29) is 18.0 Å². The van der Waals surface area contributed by atoms with Crippen LogP contribution in [0.3, 0.4) is 0 Å². The molecule has 0 bridgehead atoms. The first kappa shape index (κ1) is 17.5. The van der Waals surface area contributed by atoms with Crippen LogP contribution in [0.1, 0.15) is 31.4 Å². The largest absolute Gasteiger partial charge is 0.466 e. The van der Waals surface area contributed by atoms with Gasteiger partial charge in [0.2, 0.25) is 0 Å². The summed E-state index contributed by atoms with van der Waals surface area (Å²) in [5.41, 5.74) is 3.25. The zero-order valence-corrected chi connectivity index (χ0v) is 14.5. The molecular formula is C18H21NO3S. The molecule has 0 aliphatic heterocycles. The molecule has 122 valence electrons. The number of ketones is 1. The minimum Gasteiger partial charge on any atom is -0.466 e. The average Bonchev–Trinajstić information content (AvgIpc) is 2.52. The van der Waals surface area contributed by atoms with Crippen LogP contribution < -0.4 is 0 Å². The maximum atomic E-state index is 11.9. The number of pyridine rings is 1. The predicted octanol–water partition coefficient (Wildman–Crippen LogP) is 3.72. The molecule has 0 amide bonds. The van der Waals surface area contributed by atoms with E-state index in [0.717, 1.165) is 27.9 Å². The van der Waals surface area contributed by atoms with E-state index in [9.17, 15) is 9.59 Å². The van der Waals surface area contributed by atoms with Crippen molar-refractivity contribution in [1.29, 1.82) is 0 Å². The van der Waals surface area contributed by atoms with Gasteiger partial charge in [-0.25, -0.2) is 4.98 Å². The van der Waals surface area contributed by atoms with Crippen LogP contribution in [-0.4, -0.2) is 29.1 Å². The van der Waals surface area contributed by atoms with Gasteiger partial charge in [0, 0.05) is 5.39 Å². The van der Waals surface area contributed by atoms with Crippen molar-refractivity contribution in [2.45, 2.75) is 38.6 Å². The maximum Gasteiger partial charge on any atom is 0.313 e. The van der Waals surface area contributed by atoms with Crippen LogP contribution in [-0.2, 0) is 20.7 Å². The summed E-state index contributed by atoms with van der Waals surface area (Å²) in [5.74, 6) is -0.368. The number of esters is 1. The molecule has 2 rings (SSSR count). The third-order valence-electron chi connectivity index (χ3n) is 3.41. The first-order valence-corrected chi connectivity index (χ1v) is 8.72. The number of carbonyl (C=O) groups excluding carboxylic acids is 2. The summed E-state index contributed by atoms with van der Waals surface area (Å²) in [4.78, 5) is 27.9. The van der Waals surface area contributed by atoms with E-state index in [4.69, 9.17) is 4.74 Å². The number of benzene rings is 1. The molecule has 0 radical (unpaired) electrons. The second kappa shape index (κ2) is 8.11. The molecule has 0 N–H and O–H groups in total. The summed E-state index contributed by atoms with van der Waals surface area (Å²) in [6.45, 7) is 6.15. The molecule has 1 aromatic heterocycles. The summed E-state index contributed by atoms with van der Waals surface area (Å²) in [6, 6.07) is 8.27. The molecular weight excluding hydrogens is 310 g/mol. The minimum atomic E-state index is -0.462.